The molecule has 126 valence electrons. The zero-order valence-corrected chi connectivity index (χ0v) is 14.4. The van der Waals surface area contributed by atoms with Crippen LogP contribution in [-0.2, 0) is 4.79 Å². The van der Waals surface area contributed by atoms with E-state index in [1.54, 1.807) is 29.2 Å². The molecule has 2 aromatic carbocycles. The number of carbonyl (C=O) groups excluding carboxylic acids is 2. The largest absolute Gasteiger partial charge is 0.352 e. The summed E-state index contributed by atoms with van der Waals surface area (Å²) in [4.78, 5) is 26.0. The number of hydrogen-bond acceptors (Lipinski definition) is 2. The number of benzene rings is 2. The van der Waals surface area contributed by atoms with Gasteiger partial charge >= 0.3 is 0 Å². The van der Waals surface area contributed by atoms with Crippen molar-refractivity contribution < 1.29 is 9.59 Å². The van der Waals surface area contributed by atoms with Crippen molar-refractivity contribution in [1.29, 1.82) is 0 Å². The summed E-state index contributed by atoms with van der Waals surface area (Å²) in [6, 6.07) is 16.3. The van der Waals surface area contributed by atoms with Crippen molar-refractivity contribution in [3.05, 3.63) is 65.2 Å². The normalized spacial score (nSPS) is 10.2. The highest BCUT2D eigenvalue weighted by molar-refractivity contribution is 6.30. The summed E-state index contributed by atoms with van der Waals surface area (Å²) in [6.45, 7) is 3.03. The molecule has 5 heteroatoms. The SMILES string of the molecule is CCN(C(=O)CCCNC(=O)c1ccc(Cl)cc1)c1ccccc1. The first-order valence-electron chi connectivity index (χ1n) is 8.01. The van der Waals surface area contributed by atoms with Gasteiger partial charge in [0.1, 0.15) is 0 Å². The molecular weight excluding hydrogens is 324 g/mol. The molecule has 2 rings (SSSR count). The zero-order valence-electron chi connectivity index (χ0n) is 13.7. The molecule has 24 heavy (non-hydrogen) atoms. The van der Waals surface area contributed by atoms with Gasteiger partial charge in [0.25, 0.3) is 5.91 Å². The minimum absolute atomic E-state index is 0.0597. The van der Waals surface area contributed by atoms with E-state index in [9.17, 15) is 9.59 Å². The predicted molar refractivity (Wildman–Crippen MR) is 97.5 cm³/mol. The van der Waals surface area contributed by atoms with Gasteiger partial charge in [0.05, 0.1) is 0 Å². The smallest absolute Gasteiger partial charge is 0.251 e. The van der Waals surface area contributed by atoms with E-state index in [0.29, 0.717) is 36.5 Å². The summed E-state index contributed by atoms with van der Waals surface area (Å²) in [5.74, 6) is -0.0982. The highest BCUT2D eigenvalue weighted by atomic mass is 35.5. The quantitative estimate of drug-likeness (QED) is 0.774. The second kappa shape index (κ2) is 9.08. The summed E-state index contributed by atoms with van der Waals surface area (Å²) in [5, 5.41) is 3.41. The molecule has 0 aliphatic carbocycles. The van der Waals surface area contributed by atoms with E-state index in [0.717, 1.165) is 5.69 Å². The van der Waals surface area contributed by atoms with Crippen LogP contribution in [0, 0.1) is 0 Å². The number of anilines is 1. The number of carbonyl (C=O) groups is 2. The van der Waals surface area contributed by atoms with Crippen LogP contribution in [0.5, 0.6) is 0 Å². The molecular formula is C19H21ClN2O2. The lowest BCUT2D eigenvalue weighted by atomic mass is 10.2. The van der Waals surface area contributed by atoms with E-state index >= 15 is 0 Å². The molecule has 4 nitrogen and oxygen atoms in total. The number of hydrogen-bond donors (Lipinski definition) is 1. The summed E-state index contributed by atoms with van der Waals surface area (Å²) in [6.07, 6.45) is 0.991. The lowest BCUT2D eigenvalue weighted by molar-refractivity contribution is -0.118. The fourth-order valence-corrected chi connectivity index (χ4v) is 2.52. The monoisotopic (exact) mass is 344 g/mol. The van der Waals surface area contributed by atoms with E-state index in [1.807, 2.05) is 37.3 Å². The molecule has 0 heterocycles. The van der Waals surface area contributed by atoms with Crippen molar-refractivity contribution in [2.45, 2.75) is 19.8 Å². The van der Waals surface area contributed by atoms with Gasteiger partial charge in [-0.25, -0.2) is 0 Å². The van der Waals surface area contributed by atoms with Crippen LogP contribution in [0.25, 0.3) is 0 Å². The highest BCUT2D eigenvalue weighted by Crippen LogP contribution is 2.14. The van der Waals surface area contributed by atoms with Gasteiger partial charge in [-0.3, -0.25) is 9.59 Å². The maximum absolute atomic E-state index is 12.3. The van der Waals surface area contributed by atoms with Gasteiger partial charge in [-0.2, -0.15) is 0 Å². The van der Waals surface area contributed by atoms with Crippen LogP contribution < -0.4 is 10.2 Å². The van der Waals surface area contributed by atoms with Crippen molar-refractivity contribution in [1.82, 2.24) is 5.32 Å². The number of nitrogens with one attached hydrogen (secondary N) is 1. The van der Waals surface area contributed by atoms with Gasteiger partial charge in [0, 0.05) is 35.8 Å². The molecule has 0 saturated heterocycles. The van der Waals surface area contributed by atoms with E-state index in [1.165, 1.54) is 0 Å². The van der Waals surface area contributed by atoms with Gasteiger partial charge in [0.2, 0.25) is 5.91 Å². The Morgan fingerprint density at radius 2 is 1.71 bits per heavy atom. The Morgan fingerprint density at radius 1 is 1.04 bits per heavy atom. The van der Waals surface area contributed by atoms with Gasteiger partial charge < -0.3 is 10.2 Å². The molecule has 2 amide bonds. The number of halogens is 1. The Hall–Kier alpha value is -2.33. The number of amides is 2. The van der Waals surface area contributed by atoms with Crippen molar-refractivity contribution >= 4 is 29.1 Å². The molecule has 0 spiro atoms. The maximum atomic E-state index is 12.3. The lowest BCUT2D eigenvalue weighted by Gasteiger charge is -2.21. The third-order valence-corrected chi connectivity index (χ3v) is 3.90. The summed E-state index contributed by atoms with van der Waals surface area (Å²) < 4.78 is 0. The Balaban J connectivity index is 1.78. The second-order valence-corrected chi connectivity index (χ2v) is 5.78. The molecule has 0 saturated carbocycles. The van der Waals surface area contributed by atoms with Crippen molar-refractivity contribution in [3.8, 4) is 0 Å². The minimum atomic E-state index is -0.158. The molecule has 0 radical (unpaired) electrons. The first-order valence-corrected chi connectivity index (χ1v) is 8.38. The second-order valence-electron chi connectivity index (χ2n) is 5.34. The first-order chi connectivity index (χ1) is 11.6. The lowest BCUT2D eigenvalue weighted by Crippen LogP contribution is -2.31. The molecule has 0 unspecified atom stereocenters. The Bertz CT molecular complexity index is 672. The van der Waals surface area contributed by atoms with E-state index in [4.69, 9.17) is 11.6 Å². The van der Waals surface area contributed by atoms with Gasteiger partial charge in [-0.1, -0.05) is 29.8 Å². The molecule has 0 bridgehead atoms. The predicted octanol–water partition coefficient (Wildman–Crippen LogP) is 3.90. The van der Waals surface area contributed by atoms with Crippen LogP contribution in [-0.4, -0.2) is 24.9 Å². The highest BCUT2D eigenvalue weighted by Gasteiger charge is 2.13. The Morgan fingerprint density at radius 3 is 2.33 bits per heavy atom. The van der Waals surface area contributed by atoms with Crippen molar-refractivity contribution in [2.24, 2.45) is 0 Å². The Kier molecular flexibility index (Phi) is 6.82. The molecule has 1 N–H and O–H groups in total. The van der Waals surface area contributed by atoms with Crippen molar-refractivity contribution in [3.63, 3.8) is 0 Å². The van der Waals surface area contributed by atoms with E-state index < -0.39 is 0 Å². The maximum Gasteiger partial charge on any atom is 0.251 e. The average Bonchev–Trinajstić information content (AvgIpc) is 2.61. The summed E-state index contributed by atoms with van der Waals surface area (Å²) >= 11 is 5.80. The van der Waals surface area contributed by atoms with Crippen LogP contribution in [0.15, 0.2) is 54.6 Å². The summed E-state index contributed by atoms with van der Waals surface area (Å²) in [7, 11) is 0. The van der Waals surface area contributed by atoms with Crippen LogP contribution in [0.4, 0.5) is 5.69 Å². The molecule has 0 atom stereocenters. The fourth-order valence-electron chi connectivity index (χ4n) is 2.39. The average molecular weight is 345 g/mol. The van der Waals surface area contributed by atoms with Crippen LogP contribution in [0.3, 0.4) is 0 Å². The number of para-hydroxylation sites is 1. The molecule has 0 aliphatic heterocycles. The van der Waals surface area contributed by atoms with Crippen LogP contribution >= 0.6 is 11.6 Å². The fraction of sp³-hybridized carbons (Fsp3) is 0.263. The van der Waals surface area contributed by atoms with Gasteiger partial charge in [-0.05, 0) is 49.7 Å². The summed E-state index contributed by atoms with van der Waals surface area (Å²) in [5.41, 5.74) is 1.46. The van der Waals surface area contributed by atoms with E-state index in [-0.39, 0.29) is 11.8 Å². The number of rotatable bonds is 7. The molecule has 2 aromatic rings. The third kappa shape index (κ3) is 5.10. The van der Waals surface area contributed by atoms with Crippen LogP contribution in [0.1, 0.15) is 30.1 Å². The van der Waals surface area contributed by atoms with Gasteiger partial charge in [-0.15, -0.1) is 0 Å². The first kappa shape index (κ1) is 18.0. The van der Waals surface area contributed by atoms with Crippen molar-refractivity contribution in [2.75, 3.05) is 18.0 Å². The standard InChI is InChI=1S/C19H21ClN2O2/c1-2-22(17-7-4-3-5-8-17)18(23)9-6-14-21-19(24)15-10-12-16(20)13-11-15/h3-5,7-8,10-13H,2,6,9,14H2,1H3,(H,21,24). The Labute approximate surface area is 147 Å². The third-order valence-electron chi connectivity index (χ3n) is 3.64. The number of nitrogens with zero attached hydrogens (tertiary/aromatic N) is 1. The van der Waals surface area contributed by atoms with Gasteiger partial charge in [0.15, 0.2) is 0 Å². The minimum Gasteiger partial charge on any atom is -0.352 e. The zero-order chi connectivity index (χ0) is 17.4. The molecule has 0 fully saturated rings. The van der Waals surface area contributed by atoms with Crippen LogP contribution in [0.2, 0.25) is 5.02 Å². The molecule has 0 aliphatic rings. The van der Waals surface area contributed by atoms with E-state index in [2.05, 4.69) is 5.32 Å². The molecule has 0 aromatic heterocycles. The topological polar surface area (TPSA) is 49.4 Å².